The molecule has 0 spiro atoms. The van der Waals surface area contributed by atoms with Gasteiger partial charge < -0.3 is 16.4 Å². The quantitative estimate of drug-likeness (QED) is 0.672. The summed E-state index contributed by atoms with van der Waals surface area (Å²) in [6.07, 6.45) is 7.30. The number of amides is 2. The minimum atomic E-state index is -0.0817. The summed E-state index contributed by atoms with van der Waals surface area (Å²) in [6, 6.07) is 3.88. The molecule has 0 saturated heterocycles. The molecular weight excluding hydrogens is 351 g/mol. The molecule has 1 aliphatic carbocycles. The van der Waals surface area contributed by atoms with Gasteiger partial charge in [0.25, 0.3) is 0 Å². The summed E-state index contributed by atoms with van der Waals surface area (Å²) in [5.74, 6) is 0.198. The van der Waals surface area contributed by atoms with Crippen LogP contribution < -0.4 is 16.4 Å². The lowest BCUT2D eigenvalue weighted by atomic mass is 10.00. The Labute approximate surface area is 155 Å². The summed E-state index contributed by atoms with van der Waals surface area (Å²) in [5.41, 5.74) is 6.90. The van der Waals surface area contributed by atoms with Gasteiger partial charge in [-0.15, -0.1) is 24.8 Å². The van der Waals surface area contributed by atoms with Crippen LogP contribution in [-0.2, 0) is 16.1 Å². The normalized spacial score (nSPS) is 18.9. The third-order valence-corrected chi connectivity index (χ3v) is 4.05. The van der Waals surface area contributed by atoms with E-state index in [0.29, 0.717) is 25.4 Å². The highest BCUT2D eigenvalue weighted by atomic mass is 35.5. The van der Waals surface area contributed by atoms with Crippen molar-refractivity contribution in [3.05, 3.63) is 30.1 Å². The maximum absolute atomic E-state index is 11.8. The van der Waals surface area contributed by atoms with E-state index in [1.165, 1.54) is 0 Å². The third kappa shape index (κ3) is 7.95. The first-order valence-electron chi connectivity index (χ1n) is 7.83. The second kappa shape index (κ2) is 12.1. The standard InChI is InChI=1S/C16H24N4O2.2ClH/c17-14-5-1-4-13(14)9-16(22)19-8-6-15(21)20-11-12-3-2-7-18-10-12;;/h2-3,7,10,13-14H,1,4-6,8-9,11,17H2,(H,19,22)(H,20,21);2*1H/t13-,14+;;/m0../s1. The Kier molecular flexibility index (Phi) is 11.4. The highest BCUT2D eigenvalue weighted by Gasteiger charge is 2.25. The van der Waals surface area contributed by atoms with E-state index in [9.17, 15) is 9.59 Å². The largest absolute Gasteiger partial charge is 0.356 e. The fraction of sp³-hybridized carbons (Fsp3) is 0.562. The van der Waals surface area contributed by atoms with Crippen LogP contribution in [0.3, 0.4) is 0 Å². The zero-order valence-corrected chi connectivity index (χ0v) is 15.2. The van der Waals surface area contributed by atoms with Gasteiger partial charge in [-0.05, 0) is 30.4 Å². The van der Waals surface area contributed by atoms with E-state index in [4.69, 9.17) is 5.73 Å². The highest BCUT2D eigenvalue weighted by molar-refractivity contribution is 5.85. The number of halogens is 2. The van der Waals surface area contributed by atoms with Crippen LogP contribution >= 0.6 is 24.8 Å². The second-order valence-corrected chi connectivity index (χ2v) is 5.80. The van der Waals surface area contributed by atoms with Gasteiger partial charge in [-0.3, -0.25) is 14.6 Å². The van der Waals surface area contributed by atoms with Crippen molar-refractivity contribution >= 4 is 36.6 Å². The molecular formula is C16H26Cl2N4O2. The molecule has 6 nitrogen and oxygen atoms in total. The first-order chi connectivity index (χ1) is 10.6. The van der Waals surface area contributed by atoms with Crippen LogP contribution in [0.15, 0.2) is 24.5 Å². The topological polar surface area (TPSA) is 97.1 Å². The molecule has 8 heteroatoms. The van der Waals surface area contributed by atoms with Crippen molar-refractivity contribution in [1.82, 2.24) is 15.6 Å². The zero-order chi connectivity index (χ0) is 15.8. The van der Waals surface area contributed by atoms with Gasteiger partial charge in [0.05, 0.1) is 0 Å². The van der Waals surface area contributed by atoms with Crippen LogP contribution in [0, 0.1) is 5.92 Å². The van der Waals surface area contributed by atoms with Crippen LogP contribution in [0.5, 0.6) is 0 Å². The SMILES string of the molecule is Cl.Cl.N[C@@H]1CCC[C@H]1CC(=O)NCCC(=O)NCc1cccnc1. The molecule has 4 N–H and O–H groups in total. The van der Waals surface area contributed by atoms with Gasteiger partial charge in [-0.25, -0.2) is 0 Å². The van der Waals surface area contributed by atoms with E-state index >= 15 is 0 Å². The van der Waals surface area contributed by atoms with Gasteiger partial charge in [0.1, 0.15) is 0 Å². The molecule has 1 saturated carbocycles. The lowest BCUT2D eigenvalue weighted by Gasteiger charge is -2.14. The second-order valence-electron chi connectivity index (χ2n) is 5.80. The number of hydrogen-bond acceptors (Lipinski definition) is 4. The number of nitrogens with two attached hydrogens (primary N) is 1. The van der Waals surface area contributed by atoms with Crippen molar-refractivity contribution in [2.75, 3.05) is 6.54 Å². The average Bonchev–Trinajstić information content (AvgIpc) is 2.91. The van der Waals surface area contributed by atoms with Crippen LogP contribution in [-0.4, -0.2) is 29.4 Å². The van der Waals surface area contributed by atoms with Gasteiger partial charge in [-0.1, -0.05) is 12.5 Å². The smallest absolute Gasteiger partial charge is 0.222 e. The van der Waals surface area contributed by atoms with Crippen molar-refractivity contribution in [1.29, 1.82) is 0 Å². The highest BCUT2D eigenvalue weighted by Crippen LogP contribution is 2.26. The number of nitrogens with one attached hydrogen (secondary N) is 2. The molecule has 0 aromatic carbocycles. The molecule has 0 radical (unpaired) electrons. The van der Waals surface area contributed by atoms with Crippen LogP contribution in [0.1, 0.15) is 37.7 Å². The fourth-order valence-corrected chi connectivity index (χ4v) is 2.74. The average molecular weight is 377 g/mol. The predicted octanol–water partition coefficient (Wildman–Crippen LogP) is 1.57. The monoisotopic (exact) mass is 376 g/mol. The number of nitrogens with zero attached hydrogens (tertiary/aromatic N) is 1. The number of pyridine rings is 1. The summed E-state index contributed by atoms with van der Waals surface area (Å²) in [5, 5.41) is 5.59. The molecule has 136 valence electrons. The Bertz CT molecular complexity index is 502. The Morgan fingerprint density at radius 1 is 1.21 bits per heavy atom. The number of carbonyl (C=O) groups excluding carboxylic acids is 2. The van der Waals surface area contributed by atoms with E-state index in [0.717, 1.165) is 24.8 Å². The van der Waals surface area contributed by atoms with Crippen molar-refractivity contribution in [2.45, 2.75) is 44.7 Å². The number of carbonyl (C=O) groups is 2. The van der Waals surface area contributed by atoms with Crippen LogP contribution in [0.2, 0.25) is 0 Å². The third-order valence-electron chi connectivity index (χ3n) is 4.05. The molecule has 24 heavy (non-hydrogen) atoms. The molecule has 1 fully saturated rings. The molecule has 2 atom stereocenters. The maximum atomic E-state index is 11.8. The Balaban J connectivity index is 0.00000264. The van der Waals surface area contributed by atoms with Crippen LogP contribution in [0.4, 0.5) is 0 Å². The molecule has 1 aromatic heterocycles. The van der Waals surface area contributed by atoms with Crippen LogP contribution in [0.25, 0.3) is 0 Å². The molecule has 2 amide bonds. The number of hydrogen-bond donors (Lipinski definition) is 3. The molecule has 0 unspecified atom stereocenters. The fourth-order valence-electron chi connectivity index (χ4n) is 2.74. The lowest BCUT2D eigenvalue weighted by molar-refractivity contribution is -0.123. The Morgan fingerprint density at radius 2 is 2.00 bits per heavy atom. The molecule has 1 aliphatic rings. The van der Waals surface area contributed by atoms with Crippen molar-refractivity contribution in [3.8, 4) is 0 Å². The van der Waals surface area contributed by atoms with E-state index < -0.39 is 0 Å². The van der Waals surface area contributed by atoms with Gasteiger partial charge >= 0.3 is 0 Å². The zero-order valence-electron chi connectivity index (χ0n) is 13.6. The summed E-state index contributed by atoms with van der Waals surface area (Å²) < 4.78 is 0. The van der Waals surface area contributed by atoms with E-state index in [2.05, 4.69) is 15.6 Å². The Hall–Kier alpha value is -1.37. The minimum absolute atomic E-state index is 0. The molecule has 0 bridgehead atoms. The minimum Gasteiger partial charge on any atom is -0.356 e. The van der Waals surface area contributed by atoms with E-state index in [1.54, 1.807) is 12.4 Å². The molecule has 1 aromatic rings. The number of rotatable bonds is 7. The van der Waals surface area contributed by atoms with E-state index in [-0.39, 0.29) is 49.1 Å². The lowest BCUT2D eigenvalue weighted by Crippen LogP contribution is -2.34. The molecule has 0 aliphatic heterocycles. The first kappa shape index (κ1) is 22.6. The predicted molar refractivity (Wildman–Crippen MR) is 98.1 cm³/mol. The van der Waals surface area contributed by atoms with E-state index in [1.807, 2.05) is 12.1 Å². The molecule has 1 heterocycles. The maximum Gasteiger partial charge on any atom is 0.222 e. The van der Waals surface area contributed by atoms with Crippen molar-refractivity contribution in [2.24, 2.45) is 11.7 Å². The van der Waals surface area contributed by atoms with Gasteiger partial charge in [0.15, 0.2) is 0 Å². The van der Waals surface area contributed by atoms with Crippen molar-refractivity contribution < 1.29 is 9.59 Å². The Morgan fingerprint density at radius 3 is 2.62 bits per heavy atom. The molecule has 2 rings (SSSR count). The summed E-state index contributed by atoms with van der Waals surface area (Å²) in [4.78, 5) is 27.5. The first-order valence-corrected chi connectivity index (χ1v) is 7.83. The van der Waals surface area contributed by atoms with Gasteiger partial charge in [0.2, 0.25) is 11.8 Å². The van der Waals surface area contributed by atoms with Gasteiger partial charge in [0, 0.05) is 44.4 Å². The summed E-state index contributed by atoms with van der Waals surface area (Å²) in [7, 11) is 0. The van der Waals surface area contributed by atoms with Crippen molar-refractivity contribution in [3.63, 3.8) is 0 Å². The summed E-state index contributed by atoms with van der Waals surface area (Å²) >= 11 is 0. The summed E-state index contributed by atoms with van der Waals surface area (Å²) in [6.45, 7) is 0.817. The number of aromatic nitrogens is 1. The van der Waals surface area contributed by atoms with Gasteiger partial charge in [-0.2, -0.15) is 0 Å².